The zero-order valence-corrected chi connectivity index (χ0v) is 32.6. The summed E-state index contributed by atoms with van der Waals surface area (Å²) in [5.41, 5.74) is 9.74. The highest BCUT2D eigenvalue weighted by Gasteiger charge is 2.26. The number of nitrogens with two attached hydrogens (primary N) is 2. The second-order valence-electron chi connectivity index (χ2n) is 12.6. The Morgan fingerprint density at radius 1 is 0.660 bits per heavy atom. The van der Waals surface area contributed by atoms with Crippen LogP contribution in [0.25, 0.3) is 0 Å². The maximum absolute atomic E-state index is 13.4. The number of fused-ring (bicyclic) bond motifs is 2. The Hall–Kier alpha value is -3.29. The summed E-state index contributed by atoms with van der Waals surface area (Å²) in [5.74, 6) is -0.932. The Morgan fingerprint density at radius 3 is 1.45 bits per heavy atom. The summed E-state index contributed by atoms with van der Waals surface area (Å²) in [6, 6.07) is 20.0. The number of sulfone groups is 2. The fourth-order valence-corrected chi connectivity index (χ4v) is 9.45. The van der Waals surface area contributed by atoms with Crippen LogP contribution < -0.4 is 15.6 Å². The Morgan fingerprint density at radius 2 is 1.06 bits per heavy atom. The van der Waals surface area contributed by atoms with E-state index in [1.54, 1.807) is 24.3 Å². The van der Waals surface area contributed by atoms with Gasteiger partial charge < -0.3 is 5.73 Å². The first-order valence-electron chi connectivity index (χ1n) is 16.3. The molecule has 2 aliphatic rings. The molecule has 2 atom stereocenters. The van der Waals surface area contributed by atoms with Crippen molar-refractivity contribution in [3.05, 3.63) is 119 Å². The predicted molar refractivity (Wildman–Crippen MR) is 199 cm³/mol. The van der Waals surface area contributed by atoms with Crippen molar-refractivity contribution in [2.24, 2.45) is 10.9 Å². The summed E-state index contributed by atoms with van der Waals surface area (Å²) < 4.78 is 121. The van der Waals surface area contributed by atoms with Gasteiger partial charge in [0.05, 0.1) is 25.8 Å². The lowest BCUT2D eigenvalue weighted by atomic mass is 9.83. The number of halogens is 3. The van der Waals surface area contributed by atoms with E-state index in [1.165, 1.54) is 42.5 Å². The lowest BCUT2D eigenvalue weighted by Gasteiger charge is -2.26. The fraction of sp³-hybridized carbons (Fsp3) is 0.314. The van der Waals surface area contributed by atoms with Gasteiger partial charge in [-0.15, -0.1) is 0 Å². The van der Waals surface area contributed by atoms with Gasteiger partial charge in [0.25, 0.3) is 10.2 Å². The average molecular weight is 832 g/mol. The van der Waals surface area contributed by atoms with Gasteiger partial charge in [-0.1, -0.05) is 24.3 Å². The summed E-state index contributed by atoms with van der Waals surface area (Å²) in [6.07, 6.45) is 6.14. The van der Waals surface area contributed by atoms with Crippen molar-refractivity contribution in [3.63, 3.8) is 0 Å². The highest BCUT2D eigenvalue weighted by Crippen LogP contribution is 2.35. The summed E-state index contributed by atoms with van der Waals surface area (Å²) in [5, 5.41) is 4.98. The standard InChI is InChI=1S/C17H19FN2O4S2.C17H18FNO2S.CH3ClO2S/c18-14-5-2-6-15(10-14)25(21,22)16-7-8-17-12(9-16)3-1-4-13(17)11-20-26(19,23)24;18-14-5-2-6-15(10-14)22(20,21)16-7-8-17-12(9-16)3-1-4-13(17)11-19;1-5(2,3)4/h2,5-10,13,20H,1,3-4,11H2,(H2,19,23,24);2,5-10,13H,1,3-4,11,19H2;1H3/t2*13-;/m00./s1. The van der Waals surface area contributed by atoms with Crippen molar-refractivity contribution in [3.8, 4) is 0 Å². The van der Waals surface area contributed by atoms with E-state index >= 15 is 0 Å². The van der Waals surface area contributed by atoms with Crippen LogP contribution >= 0.6 is 10.7 Å². The molecule has 0 unspecified atom stereocenters. The maximum atomic E-state index is 13.4. The van der Waals surface area contributed by atoms with E-state index in [0.717, 1.165) is 72.7 Å². The molecule has 288 valence electrons. The number of aryl methyl sites for hydroxylation is 2. The summed E-state index contributed by atoms with van der Waals surface area (Å²) in [6.45, 7) is 0.741. The molecule has 4 aromatic carbocycles. The van der Waals surface area contributed by atoms with E-state index in [9.17, 15) is 42.5 Å². The third kappa shape index (κ3) is 11.8. The van der Waals surface area contributed by atoms with Crippen molar-refractivity contribution < 1.29 is 42.5 Å². The Kier molecular flexibility index (Phi) is 14.0. The van der Waals surface area contributed by atoms with Gasteiger partial charge in [-0.05, 0) is 140 Å². The van der Waals surface area contributed by atoms with Gasteiger partial charge in [-0.2, -0.15) is 8.42 Å². The molecule has 0 bridgehead atoms. The first-order valence-corrected chi connectivity index (χ1v) is 23.6. The highest BCUT2D eigenvalue weighted by atomic mass is 35.7. The molecular formula is C35H40ClF2N3O8S4. The van der Waals surface area contributed by atoms with Crippen molar-refractivity contribution in [1.29, 1.82) is 0 Å². The van der Waals surface area contributed by atoms with Gasteiger partial charge in [0, 0.05) is 17.2 Å². The molecule has 0 radical (unpaired) electrons. The number of rotatable bonds is 8. The van der Waals surface area contributed by atoms with Crippen LogP contribution in [0.1, 0.15) is 59.8 Å². The molecule has 0 aliphatic heterocycles. The minimum atomic E-state index is -3.82. The van der Waals surface area contributed by atoms with Gasteiger partial charge in [0.15, 0.2) is 0 Å². The van der Waals surface area contributed by atoms with Crippen molar-refractivity contribution >= 4 is 49.6 Å². The number of benzene rings is 4. The Balaban J connectivity index is 0.000000212. The number of hydrogen-bond acceptors (Lipinski definition) is 9. The molecule has 0 saturated heterocycles. The van der Waals surface area contributed by atoms with Crippen LogP contribution in [0.2, 0.25) is 0 Å². The predicted octanol–water partition coefficient (Wildman–Crippen LogP) is 5.09. The lowest BCUT2D eigenvalue weighted by molar-refractivity contribution is 0.528. The van der Waals surface area contributed by atoms with E-state index < -0.39 is 50.6 Å². The van der Waals surface area contributed by atoms with Gasteiger partial charge in [-0.3, -0.25) is 0 Å². The van der Waals surface area contributed by atoms with Gasteiger partial charge in [0.1, 0.15) is 11.6 Å². The Bertz CT molecular complexity index is 2390. The van der Waals surface area contributed by atoms with Crippen LogP contribution in [0.4, 0.5) is 8.78 Å². The topological polar surface area (TPSA) is 201 Å². The van der Waals surface area contributed by atoms with Gasteiger partial charge in [-0.25, -0.2) is 43.9 Å². The van der Waals surface area contributed by atoms with Crippen molar-refractivity contribution in [1.82, 2.24) is 4.72 Å². The summed E-state index contributed by atoms with van der Waals surface area (Å²) in [7, 11) is -9.98. The molecule has 0 fully saturated rings. The molecule has 11 nitrogen and oxygen atoms in total. The Labute approximate surface area is 314 Å². The lowest BCUT2D eigenvalue weighted by Crippen LogP contribution is -2.34. The number of nitrogens with one attached hydrogen (secondary N) is 1. The minimum Gasteiger partial charge on any atom is -0.330 e. The molecule has 0 aromatic heterocycles. The normalized spacial score (nSPS) is 17.2. The van der Waals surface area contributed by atoms with Crippen LogP contribution in [0.5, 0.6) is 0 Å². The monoisotopic (exact) mass is 831 g/mol. The number of hydrogen-bond donors (Lipinski definition) is 3. The molecule has 0 heterocycles. The van der Waals surface area contributed by atoms with Crippen molar-refractivity contribution in [2.75, 3.05) is 19.3 Å². The van der Waals surface area contributed by atoms with Gasteiger partial charge in [0.2, 0.25) is 28.7 Å². The molecular weight excluding hydrogens is 792 g/mol. The minimum absolute atomic E-state index is 0.0152. The highest BCUT2D eigenvalue weighted by molar-refractivity contribution is 8.13. The van der Waals surface area contributed by atoms with Crippen LogP contribution in [-0.2, 0) is 51.8 Å². The smallest absolute Gasteiger partial charge is 0.274 e. The second-order valence-corrected chi connectivity index (χ2v) is 21.0. The van der Waals surface area contributed by atoms with E-state index in [-0.39, 0.29) is 32.0 Å². The largest absolute Gasteiger partial charge is 0.330 e. The molecule has 0 spiro atoms. The van der Waals surface area contributed by atoms with Crippen LogP contribution in [-0.4, -0.2) is 53.0 Å². The van der Waals surface area contributed by atoms with Crippen LogP contribution in [0.3, 0.4) is 0 Å². The third-order valence-corrected chi connectivity index (χ3v) is 12.8. The zero-order valence-electron chi connectivity index (χ0n) is 28.6. The molecule has 0 amide bonds. The van der Waals surface area contributed by atoms with E-state index in [0.29, 0.717) is 18.9 Å². The average Bonchev–Trinajstić information content (AvgIpc) is 3.09. The molecule has 18 heteroatoms. The van der Waals surface area contributed by atoms with Gasteiger partial charge >= 0.3 is 0 Å². The molecule has 4 aromatic rings. The second kappa shape index (κ2) is 17.5. The maximum Gasteiger partial charge on any atom is 0.274 e. The van der Waals surface area contributed by atoms with Crippen LogP contribution in [0, 0.1) is 11.6 Å². The third-order valence-electron chi connectivity index (χ3n) is 8.75. The molecule has 0 saturated carbocycles. The summed E-state index contributed by atoms with van der Waals surface area (Å²) in [4.78, 5) is 0.204. The molecule has 5 N–H and O–H groups in total. The van der Waals surface area contributed by atoms with E-state index in [2.05, 4.69) is 15.4 Å². The SMILES string of the molecule is CS(=O)(=O)Cl.NC[C@@H]1CCCc2cc(S(=O)(=O)c3cccc(F)c3)ccc21.NS(=O)(=O)NC[C@@H]1CCCc2cc(S(=O)(=O)c3cccc(F)c3)ccc21. The molecule has 53 heavy (non-hydrogen) atoms. The molecule has 6 rings (SSSR count). The zero-order chi connectivity index (χ0) is 39.2. The first-order chi connectivity index (χ1) is 24.7. The van der Waals surface area contributed by atoms with Crippen LogP contribution in [0.15, 0.2) is 105 Å². The molecule has 2 aliphatic carbocycles. The van der Waals surface area contributed by atoms with E-state index in [4.69, 9.17) is 10.9 Å². The quantitative estimate of drug-likeness (QED) is 0.202. The summed E-state index contributed by atoms with van der Waals surface area (Å²) >= 11 is 0. The van der Waals surface area contributed by atoms with Crippen molar-refractivity contribution in [2.45, 2.75) is 69.9 Å². The van der Waals surface area contributed by atoms with E-state index in [1.807, 2.05) is 6.07 Å². The fourth-order valence-electron chi connectivity index (χ4n) is 6.33. The first kappa shape index (κ1) is 42.5.